The van der Waals surface area contributed by atoms with Crippen molar-refractivity contribution in [2.45, 2.75) is 46.0 Å². The standard InChI is InChI=1S/C19H31N3O/c1-3-4-12-21-19(23)9-13-20-17-5-7-18(8-6-17)22-14-10-16(2)11-15-22/h5-8,16,20H,3-4,9-15H2,1-2H3,(H,21,23). The van der Waals surface area contributed by atoms with Crippen molar-refractivity contribution in [1.82, 2.24) is 5.32 Å². The van der Waals surface area contributed by atoms with E-state index in [1.807, 2.05) is 0 Å². The number of carbonyl (C=O) groups excluding carboxylic acids is 1. The molecule has 1 aromatic rings. The summed E-state index contributed by atoms with van der Waals surface area (Å²) >= 11 is 0. The molecule has 4 nitrogen and oxygen atoms in total. The lowest BCUT2D eigenvalue weighted by molar-refractivity contribution is -0.120. The number of benzene rings is 1. The van der Waals surface area contributed by atoms with Crippen LogP contribution in [0.4, 0.5) is 11.4 Å². The summed E-state index contributed by atoms with van der Waals surface area (Å²) in [4.78, 5) is 14.1. The second-order valence-corrected chi connectivity index (χ2v) is 6.60. The zero-order valence-electron chi connectivity index (χ0n) is 14.6. The first-order chi connectivity index (χ1) is 11.2. The van der Waals surface area contributed by atoms with Gasteiger partial charge in [0, 0.05) is 44.0 Å². The predicted octanol–water partition coefficient (Wildman–Crippen LogP) is 3.64. The molecule has 0 saturated carbocycles. The van der Waals surface area contributed by atoms with Crippen molar-refractivity contribution < 1.29 is 4.79 Å². The van der Waals surface area contributed by atoms with Gasteiger partial charge in [-0.1, -0.05) is 20.3 Å². The van der Waals surface area contributed by atoms with Crippen LogP contribution in [0, 0.1) is 5.92 Å². The van der Waals surface area contributed by atoms with Gasteiger partial charge in [-0.3, -0.25) is 4.79 Å². The molecule has 4 heteroatoms. The second-order valence-electron chi connectivity index (χ2n) is 6.60. The molecule has 1 aromatic carbocycles. The van der Waals surface area contributed by atoms with Crippen molar-refractivity contribution in [3.63, 3.8) is 0 Å². The van der Waals surface area contributed by atoms with Crippen molar-refractivity contribution in [3.8, 4) is 0 Å². The van der Waals surface area contributed by atoms with Crippen molar-refractivity contribution >= 4 is 17.3 Å². The zero-order chi connectivity index (χ0) is 16.5. The molecule has 1 aliphatic heterocycles. The van der Waals surface area contributed by atoms with Crippen LogP contribution in [0.3, 0.4) is 0 Å². The lowest BCUT2D eigenvalue weighted by Crippen LogP contribution is -2.32. The van der Waals surface area contributed by atoms with Crippen molar-refractivity contribution in [2.75, 3.05) is 36.4 Å². The molecule has 0 atom stereocenters. The highest BCUT2D eigenvalue weighted by Crippen LogP contribution is 2.24. The van der Waals surface area contributed by atoms with Gasteiger partial charge in [0.15, 0.2) is 0 Å². The fourth-order valence-electron chi connectivity index (χ4n) is 2.87. The quantitative estimate of drug-likeness (QED) is 0.720. The first kappa shape index (κ1) is 17.6. The zero-order valence-corrected chi connectivity index (χ0v) is 14.6. The van der Waals surface area contributed by atoms with Gasteiger partial charge in [-0.05, 0) is 49.4 Å². The third-order valence-electron chi connectivity index (χ3n) is 4.55. The van der Waals surface area contributed by atoms with E-state index in [9.17, 15) is 4.79 Å². The highest BCUT2D eigenvalue weighted by Gasteiger charge is 2.15. The molecule has 0 spiro atoms. The maximum Gasteiger partial charge on any atom is 0.221 e. The summed E-state index contributed by atoms with van der Waals surface area (Å²) in [6.07, 6.45) is 5.26. The molecule has 1 aliphatic rings. The Morgan fingerprint density at radius 2 is 1.87 bits per heavy atom. The van der Waals surface area contributed by atoms with Crippen molar-refractivity contribution in [3.05, 3.63) is 24.3 Å². The van der Waals surface area contributed by atoms with Crippen LogP contribution >= 0.6 is 0 Å². The normalized spacial score (nSPS) is 15.5. The number of carbonyl (C=O) groups is 1. The van der Waals surface area contributed by atoms with Crippen molar-refractivity contribution in [2.24, 2.45) is 5.92 Å². The molecular weight excluding hydrogens is 286 g/mol. The van der Waals surface area contributed by atoms with E-state index in [1.54, 1.807) is 0 Å². The summed E-state index contributed by atoms with van der Waals surface area (Å²) in [6, 6.07) is 8.59. The van der Waals surface area contributed by atoms with E-state index in [4.69, 9.17) is 0 Å². The number of amides is 1. The van der Waals surface area contributed by atoms with E-state index in [2.05, 4.69) is 53.6 Å². The lowest BCUT2D eigenvalue weighted by Gasteiger charge is -2.32. The van der Waals surface area contributed by atoms with Gasteiger partial charge in [-0.2, -0.15) is 0 Å². The summed E-state index contributed by atoms with van der Waals surface area (Å²) in [6.45, 7) is 8.25. The summed E-state index contributed by atoms with van der Waals surface area (Å²) in [7, 11) is 0. The van der Waals surface area contributed by atoms with Crippen LogP contribution < -0.4 is 15.5 Å². The average molecular weight is 317 g/mol. The fraction of sp³-hybridized carbons (Fsp3) is 0.632. The Morgan fingerprint density at radius 1 is 1.17 bits per heavy atom. The van der Waals surface area contributed by atoms with Crippen LogP contribution in [0.5, 0.6) is 0 Å². The summed E-state index contributed by atoms with van der Waals surface area (Å²) in [5, 5.41) is 6.26. The first-order valence-electron chi connectivity index (χ1n) is 9.04. The number of anilines is 2. The molecule has 2 rings (SSSR count). The Balaban J connectivity index is 1.69. The van der Waals surface area contributed by atoms with Crippen molar-refractivity contribution in [1.29, 1.82) is 0 Å². The molecule has 1 saturated heterocycles. The van der Waals surface area contributed by atoms with Gasteiger partial charge in [-0.25, -0.2) is 0 Å². The average Bonchev–Trinajstić information content (AvgIpc) is 2.57. The maximum absolute atomic E-state index is 11.6. The minimum Gasteiger partial charge on any atom is -0.385 e. The summed E-state index contributed by atoms with van der Waals surface area (Å²) in [5.41, 5.74) is 2.39. The van der Waals surface area contributed by atoms with Gasteiger partial charge < -0.3 is 15.5 Å². The Kier molecular flexibility index (Phi) is 7.24. The molecule has 0 bridgehead atoms. The van der Waals surface area contributed by atoms with Gasteiger partial charge in [-0.15, -0.1) is 0 Å². The molecule has 2 N–H and O–H groups in total. The smallest absolute Gasteiger partial charge is 0.221 e. The molecule has 128 valence electrons. The van der Waals surface area contributed by atoms with Crippen LogP contribution in [0.1, 0.15) is 46.0 Å². The number of hydrogen-bond acceptors (Lipinski definition) is 3. The number of nitrogens with zero attached hydrogens (tertiary/aromatic N) is 1. The topological polar surface area (TPSA) is 44.4 Å². The maximum atomic E-state index is 11.6. The van der Waals surface area contributed by atoms with Gasteiger partial charge in [0.05, 0.1) is 0 Å². The number of unbranched alkanes of at least 4 members (excludes halogenated alkanes) is 1. The monoisotopic (exact) mass is 317 g/mol. The van der Waals surface area contributed by atoms with Crippen LogP contribution in [0.25, 0.3) is 0 Å². The van der Waals surface area contributed by atoms with E-state index >= 15 is 0 Å². The van der Waals surface area contributed by atoms with E-state index < -0.39 is 0 Å². The van der Waals surface area contributed by atoms with E-state index in [0.717, 1.165) is 44.1 Å². The number of rotatable bonds is 8. The minimum atomic E-state index is 0.130. The second kappa shape index (κ2) is 9.43. The molecule has 0 unspecified atom stereocenters. The summed E-state index contributed by atoms with van der Waals surface area (Å²) < 4.78 is 0. The molecule has 0 aliphatic carbocycles. The van der Waals surface area contributed by atoms with Crippen LogP contribution in [0.15, 0.2) is 24.3 Å². The molecule has 0 radical (unpaired) electrons. The van der Waals surface area contributed by atoms with Gasteiger partial charge >= 0.3 is 0 Å². The minimum absolute atomic E-state index is 0.130. The van der Waals surface area contributed by atoms with Gasteiger partial charge in [0.2, 0.25) is 5.91 Å². The highest BCUT2D eigenvalue weighted by atomic mass is 16.1. The third kappa shape index (κ3) is 6.12. The SMILES string of the molecule is CCCCNC(=O)CCNc1ccc(N2CCC(C)CC2)cc1. The van der Waals surface area contributed by atoms with Gasteiger partial charge in [0.25, 0.3) is 0 Å². The lowest BCUT2D eigenvalue weighted by atomic mass is 9.99. The molecule has 1 heterocycles. The number of piperidine rings is 1. The third-order valence-corrected chi connectivity index (χ3v) is 4.55. The van der Waals surface area contributed by atoms with Gasteiger partial charge in [0.1, 0.15) is 0 Å². The van der Waals surface area contributed by atoms with Crippen LogP contribution in [0.2, 0.25) is 0 Å². The predicted molar refractivity (Wildman–Crippen MR) is 98.1 cm³/mol. The van der Waals surface area contributed by atoms with Crippen LogP contribution in [-0.4, -0.2) is 32.1 Å². The molecule has 23 heavy (non-hydrogen) atoms. The van der Waals surface area contributed by atoms with E-state index in [-0.39, 0.29) is 5.91 Å². The Labute approximate surface area is 140 Å². The van der Waals surface area contributed by atoms with Crippen LogP contribution in [-0.2, 0) is 4.79 Å². The van der Waals surface area contributed by atoms with E-state index in [0.29, 0.717) is 13.0 Å². The molecule has 1 fully saturated rings. The number of hydrogen-bond donors (Lipinski definition) is 2. The fourth-order valence-corrected chi connectivity index (χ4v) is 2.87. The summed E-state index contributed by atoms with van der Waals surface area (Å²) in [5.74, 6) is 0.987. The Bertz CT molecular complexity index is 464. The Morgan fingerprint density at radius 3 is 2.52 bits per heavy atom. The largest absolute Gasteiger partial charge is 0.385 e. The number of nitrogens with one attached hydrogen (secondary N) is 2. The Hall–Kier alpha value is -1.71. The molecule has 1 amide bonds. The molecule has 0 aromatic heterocycles. The van der Waals surface area contributed by atoms with E-state index in [1.165, 1.54) is 18.5 Å². The first-order valence-corrected chi connectivity index (χ1v) is 9.04. The molecular formula is C19H31N3O. The highest BCUT2D eigenvalue weighted by molar-refractivity contribution is 5.76.